The number of aromatic amines is 1. The van der Waals surface area contributed by atoms with Crippen molar-refractivity contribution in [2.45, 2.75) is 0 Å². The molecule has 17 heavy (non-hydrogen) atoms. The SMILES string of the molecule is O=C(Nc1ncc[nH]1)c1ccc2ncsc2c1. The molecule has 0 saturated carbocycles. The van der Waals surface area contributed by atoms with Crippen LogP contribution in [0.2, 0.25) is 0 Å². The molecule has 2 N–H and O–H groups in total. The highest BCUT2D eigenvalue weighted by Gasteiger charge is 2.08. The second kappa shape index (κ2) is 3.99. The summed E-state index contributed by atoms with van der Waals surface area (Å²) in [5, 5.41) is 2.67. The predicted molar refractivity (Wildman–Crippen MR) is 66.2 cm³/mol. The first-order valence-corrected chi connectivity index (χ1v) is 5.85. The van der Waals surface area contributed by atoms with Crippen molar-refractivity contribution in [1.29, 1.82) is 0 Å². The van der Waals surface area contributed by atoms with Gasteiger partial charge in [-0.2, -0.15) is 0 Å². The zero-order valence-corrected chi connectivity index (χ0v) is 9.49. The first kappa shape index (κ1) is 9.98. The third kappa shape index (κ3) is 1.90. The number of rotatable bonds is 2. The number of carbonyl (C=O) groups is 1. The molecule has 84 valence electrons. The Morgan fingerprint density at radius 1 is 1.35 bits per heavy atom. The largest absolute Gasteiger partial charge is 0.331 e. The van der Waals surface area contributed by atoms with Crippen molar-refractivity contribution in [1.82, 2.24) is 15.0 Å². The number of imidazole rings is 1. The minimum atomic E-state index is -0.185. The zero-order chi connectivity index (χ0) is 11.7. The third-order valence-corrected chi connectivity index (χ3v) is 3.12. The zero-order valence-electron chi connectivity index (χ0n) is 8.68. The Morgan fingerprint density at radius 3 is 3.12 bits per heavy atom. The summed E-state index contributed by atoms with van der Waals surface area (Å²) in [5.74, 6) is 0.259. The van der Waals surface area contributed by atoms with Gasteiger partial charge in [-0.05, 0) is 18.2 Å². The van der Waals surface area contributed by atoms with Gasteiger partial charge in [-0.3, -0.25) is 10.1 Å². The van der Waals surface area contributed by atoms with Gasteiger partial charge in [0.1, 0.15) is 0 Å². The molecule has 5 nitrogen and oxygen atoms in total. The molecule has 0 aliphatic rings. The molecule has 1 amide bonds. The highest BCUT2D eigenvalue weighted by atomic mass is 32.1. The van der Waals surface area contributed by atoms with Crippen LogP contribution in [0.25, 0.3) is 10.2 Å². The van der Waals surface area contributed by atoms with Crippen LogP contribution >= 0.6 is 11.3 Å². The molecule has 0 fully saturated rings. The molecular formula is C11H8N4OS. The fourth-order valence-electron chi connectivity index (χ4n) is 1.51. The lowest BCUT2D eigenvalue weighted by Gasteiger charge is -2.01. The maximum absolute atomic E-state index is 11.9. The fourth-order valence-corrected chi connectivity index (χ4v) is 2.23. The fraction of sp³-hybridized carbons (Fsp3) is 0. The number of aromatic nitrogens is 3. The van der Waals surface area contributed by atoms with Gasteiger partial charge in [-0.25, -0.2) is 9.97 Å². The van der Waals surface area contributed by atoms with E-state index in [1.54, 1.807) is 24.0 Å². The minimum absolute atomic E-state index is 0.185. The molecule has 0 spiro atoms. The number of thiazole rings is 1. The summed E-state index contributed by atoms with van der Waals surface area (Å²) in [6, 6.07) is 5.41. The number of nitrogens with zero attached hydrogens (tertiary/aromatic N) is 2. The van der Waals surface area contributed by atoms with Crippen molar-refractivity contribution < 1.29 is 4.79 Å². The Balaban J connectivity index is 1.90. The number of amides is 1. The van der Waals surface area contributed by atoms with E-state index < -0.39 is 0 Å². The quantitative estimate of drug-likeness (QED) is 0.726. The molecule has 3 aromatic rings. The van der Waals surface area contributed by atoms with Crippen LogP contribution in [0, 0.1) is 0 Å². The van der Waals surface area contributed by atoms with Gasteiger partial charge in [0, 0.05) is 18.0 Å². The van der Waals surface area contributed by atoms with Crippen molar-refractivity contribution >= 4 is 33.4 Å². The van der Waals surface area contributed by atoms with E-state index in [0.29, 0.717) is 11.5 Å². The molecule has 0 atom stereocenters. The molecule has 0 unspecified atom stereocenters. The Kier molecular flexibility index (Phi) is 2.34. The Morgan fingerprint density at radius 2 is 2.29 bits per heavy atom. The predicted octanol–water partition coefficient (Wildman–Crippen LogP) is 2.27. The second-order valence-electron chi connectivity index (χ2n) is 3.43. The van der Waals surface area contributed by atoms with Crippen LogP contribution in [-0.4, -0.2) is 20.9 Å². The molecule has 0 aliphatic carbocycles. The number of H-pyrrole nitrogens is 1. The molecular weight excluding hydrogens is 236 g/mol. The van der Waals surface area contributed by atoms with Gasteiger partial charge in [0.15, 0.2) is 0 Å². The van der Waals surface area contributed by atoms with Crippen LogP contribution < -0.4 is 5.32 Å². The molecule has 2 aromatic heterocycles. The first-order chi connectivity index (χ1) is 8.33. The van der Waals surface area contributed by atoms with Gasteiger partial charge < -0.3 is 4.98 Å². The lowest BCUT2D eigenvalue weighted by atomic mass is 10.2. The van der Waals surface area contributed by atoms with Gasteiger partial charge in [-0.1, -0.05) is 0 Å². The topological polar surface area (TPSA) is 70.7 Å². The van der Waals surface area contributed by atoms with E-state index in [4.69, 9.17) is 0 Å². The van der Waals surface area contributed by atoms with E-state index in [-0.39, 0.29) is 5.91 Å². The minimum Gasteiger partial charge on any atom is -0.331 e. The number of benzene rings is 1. The highest BCUT2D eigenvalue weighted by Crippen LogP contribution is 2.19. The van der Waals surface area contributed by atoms with E-state index in [9.17, 15) is 4.79 Å². The molecule has 2 heterocycles. The Bertz CT molecular complexity index is 659. The lowest BCUT2D eigenvalue weighted by molar-refractivity contribution is 0.102. The van der Waals surface area contributed by atoms with Gasteiger partial charge in [0.25, 0.3) is 5.91 Å². The number of anilines is 1. The molecule has 0 saturated heterocycles. The summed E-state index contributed by atoms with van der Waals surface area (Å²) in [6.07, 6.45) is 3.24. The van der Waals surface area contributed by atoms with Crippen molar-refractivity contribution in [2.24, 2.45) is 0 Å². The van der Waals surface area contributed by atoms with E-state index in [0.717, 1.165) is 10.2 Å². The smallest absolute Gasteiger partial charge is 0.258 e. The van der Waals surface area contributed by atoms with Crippen LogP contribution in [-0.2, 0) is 0 Å². The highest BCUT2D eigenvalue weighted by molar-refractivity contribution is 7.16. The van der Waals surface area contributed by atoms with Crippen LogP contribution in [0.1, 0.15) is 10.4 Å². The van der Waals surface area contributed by atoms with Gasteiger partial charge in [0.2, 0.25) is 5.95 Å². The number of hydrogen-bond donors (Lipinski definition) is 2. The summed E-state index contributed by atoms with van der Waals surface area (Å²) >= 11 is 1.51. The van der Waals surface area contributed by atoms with Crippen molar-refractivity contribution in [3.63, 3.8) is 0 Å². The van der Waals surface area contributed by atoms with Crippen LogP contribution in [0.4, 0.5) is 5.95 Å². The van der Waals surface area contributed by atoms with Gasteiger partial charge in [-0.15, -0.1) is 11.3 Å². The summed E-state index contributed by atoms with van der Waals surface area (Å²) in [6.45, 7) is 0. The molecule has 0 radical (unpaired) electrons. The lowest BCUT2D eigenvalue weighted by Crippen LogP contribution is -2.12. The molecule has 6 heteroatoms. The van der Waals surface area contributed by atoms with E-state index >= 15 is 0 Å². The van der Waals surface area contributed by atoms with E-state index in [1.807, 2.05) is 12.1 Å². The monoisotopic (exact) mass is 244 g/mol. The molecule has 0 bridgehead atoms. The summed E-state index contributed by atoms with van der Waals surface area (Å²) in [4.78, 5) is 22.8. The van der Waals surface area contributed by atoms with Crippen molar-refractivity contribution in [3.05, 3.63) is 41.7 Å². The van der Waals surface area contributed by atoms with Gasteiger partial charge in [0.05, 0.1) is 15.7 Å². The maximum atomic E-state index is 11.9. The third-order valence-electron chi connectivity index (χ3n) is 2.32. The van der Waals surface area contributed by atoms with E-state index in [1.165, 1.54) is 11.3 Å². The second-order valence-corrected chi connectivity index (χ2v) is 4.31. The molecule has 0 aliphatic heterocycles. The number of fused-ring (bicyclic) bond motifs is 1. The number of carbonyl (C=O) groups excluding carboxylic acids is 1. The number of hydrogen-bond acceptors (Lipinski definition) is 4. The van der Waals surface area contributed by atoms with Crippen molar-refractivity contribution in [3.8, 4) is 0 Å². The van der Waals surface area contributed by atoms with Crippen LogP contribution in [0.3, 0.4) is 0 Å². The molecule has 3 rings (SSSR count). The molecule has 1 aromatic carbocycles. The summed E-state index contributed by atoms with van der Waals surface area (Å²) in [7, 11) is 0. The normalized spacial score (nSPS) is 10.6. The number of nitrogens with one attached hydrogen (secondary N) is 2. The van der Waals surface area contributed by atoms with E-state index in [2.05, 4.69) is 20.3 Å². The summed E-state index contributed by atoms with van der Waals surface area (Å²) in [5.41, 5.74) is 3.27. The average Bonchev–Trinajstić information content (AvgIpc) is 2.97. The van der Waals surface area contributed by atoms with Crippen molar-refractivity contribution in [2.75, 3.05) is 5.32 Å². The average molecular weight is 244 g/mol. The Labute approximate surface area is 101 Å². The van der Waals surface area contributed by atoms with Crippen LogP contribution in [0.5, 0.6) is 0 Å². The first-order valence-electron chi connectivity index (χ1n) is 4.97. The van der Waals surface area contributed by atoms with Gasteiger partial charge >= 0.3 is 0 Å². The summed E-state index contributed by atoms with van der Waals surface area (Å²) < 4.78 is 0.997. The van der Waals surface area contributed by atoms with Crippen LogP contribution in [0.15, 0.2) is 36.1 Å². The maximum Gasteiger partial charge on any atom is 0.258 e. The Hall–Kier alpha value is -2.21. The standard InChI is InChI=1S/C11H8N4OS/c16-10(15-11-12-3-4-13-11)7-1-2-8-9(5-7)17-6-14-8/h1-6H,(H2,12,13,15,16).